The summed E-state index contributed by atoms with van der Waals surface area (Å²) in [5.74, 6) is 0. The van der Waals surface area contributed by atoms with E-state index < -0.39 is 12.3 Å². The molecule has 0 radical (unpaired) electrons. The first-order valence-electron chi connectivity index (χ1n) is 3.30. The summed E-state index contributed by atoms with van der Waals surface area (Å²) in [7, 11) is 0. The van der Waals surface area contributed by atoms with E-state index in [1.807, 2.05) is 0 Å². The minimum absolute atomic E-state index is 0. The fourth-order valence-corrected chi connectivity index (χ4v) is 0.515. The third-order valence-corrected chi connectivity index (χ3v) is 0.979. The number of unbranched alkanes of at least 4 members (excludes halogenated alkanes) is 1. The van der Waals surface area contributed by atoms with Crippen LogP contribution in [0, 0.1) is 0 Å². The monoisotopic (exact) mass is 190 g/mol. The van der Waals surface area contributed by atoms with Crippen molar-refractivity contribution in [3.05, 3.63) is 0 Å². The number of hydrogen-bond acceptors (Lipinski definition) is 6. The molecule has 0 saturated heterocycles. The summed E-state index contributed by atoms with van der Waals surface area (Å²) in [4.78, 5) is 19.3. The second kappa shape index (κ2) is 12.7. The molecule has 0 atom stereocenters. The van der Waals surface area contributed by atoms with E-state index in [2.05, 4.69) is 9.47 Å². The van der Waals surface area contributed by atoms with Crippen LogP contribution in [0.15, 0.2) is 0 Å². The molecule has 14 heavy (non-hydrogen) atoms. The molecular weight excluding hydrogens is 182 g/mol. The molecule has 0 heterocycles. The van der Waals surface area contributed by atoms with Crippen LogP contribution in [0.5, 0.6) is 0 Å². The van der Waals surface area contributed by atoms with Crippen LogP contribution in [0.4, 0.5) is 9.59 Å². The second-order valence-corrected chi connectivity index (χ2v) is 1.90. The van der Waals surface area contributed by atoms with Crippen LogP contribution in [0.3, 0.4) is 0 Å². The molecule has 0 unspecified atom stereocenters. The molecule has 8 heteroatoms. The van der Waals surface area contributed by atoms with Gasteiger partial charge in [-0.2, -0.15) is 0 Å². The van der Waals surface area contributed by atoms with Crippen molar-refractivity contribution < 1.29 is 67.0 Å². The van der Waals surface area contributed by atoms with Crippen molar-refractivity contribution in [3.8, 4) is 0 Å². The molecular formula is C6H8Li2O6. The molecule has 0 aliphatic heterocycles. The Balaban J connectivity index is -0.000000605. The Bertz CT molecular complexity index is 144. The Morgan fingerprint density at radius 1 is 0.857 bits per heavy atom. The first kappa shape index (κ1) is 19.3. The summed E-state index contributed by atoms with van der Waals surface area (Å²) < 4.78 is 8.07. The fraction of sp³-hybridized carbons (Fsp3) is 0.667. The van der Waals surface area contributed by atoms with Gasteiger partial charge in [0.15, 0.2) is 0 Å². The van der Waals surface area contributed by atoms with E-state index in [0.717, 1.165) is 0 Å². The maximum absolute atomic E-state index is 9.67. The molecule has 0 amide bonds. The number of carboxylic acid groups (broad SMARTS) is 2. The molecule has 0 fully saturated rings. The van der Waals surface area contributed by atoms with Gasteiger partial charge in [0, 0.05) is 13.2 Å². The Morgan fingerprint density at radius 3 is 1.36 bits per heavy atom. The maximum atomic E-state index is 9.67. The largest absolute Gasteiger partial charge is 1.00 e. The van der Waals surface area contributed by atoms with Gasteiger partial charge in [0.25, 0.3) is 12.3 Å². The Morgan fingerprint density at radius 2 is 1.14 bits per heavy atom. The third-order valence-electron chi connectivity index (χ3n) is 0.979. The molecule has 6 nitrogen and oxygen atoms in total. The van der Waals surface area contributed by atoms with Gasteiger partial charge in [0.05, 0.1) is 0 Å². The molecule has 0 rings (SSSR count). The Hall–Kier alpha value is -0.265. The maximum Gasteiger partial charge on any atom is 1.00 e. The van der Waals surface area contributed by atoms with Crippen molar-refractivity contribution in [1.82, 2.24) is 0 Å². The number of hydrogen-bond donors (Lipinski definition) is 0. The van der Waals surface area contributed by atoms with E-state index in [-0.39, 0.29) is 50.9 Å². The van der Waals surface area contributed by atoms with E-state index in [1.165, 1.54) is 0 Å². The molecule has 0 aliphatic rings. The average Bonchev–Trinajstić information content (AvgIpc) is 1.95. The van der Waals surface area contributed by atoms with Crippen molar-refractivity contribution in [2.75, 3.05) is 13.2 Å². The molecule has 0 bridgehead atoms. The van der Waals surface area contributed by atoms with Crippen LogP contribution in [-0.4, -0.2) is 25.5 Å². The zero-order valence-electron chi connectivity index (χ0n) is 8.28. The van der Waals surface area contributed by atoms with Gasteiger partial charge in [-0.05, 0) is 12.8 Å². The smallest absolute Gasteiger partial charge is 0.550 e. The van der Waals surface area contributed by atoms with Crippen molar-refractivity contribution in [2.24, 2.45) is 0 Å². The molecule has 0 spiro atoms. The zero-order chi connectivity index (χ0) is 9.40. The van der Waals surface area contributed by atoms with E-state index in [0.29, 0.717) is 12.8 Å². The number of carbonyl (C=O) groups excluding carboxylic acids is 2. The van der Waals surface area contributed by atoms with Crippen LogP contribution in [0.25, 0.3) is 0 Å². The predicted molar refractivity (Wildman–Crippen MR) is 31.9 cm³/mol. The van der Waals surface area contributed by atoms with Crippen LogP contribution >= 0.6 is 0 Å². The quantitative estimate of drug-likeness (QED) is 0.242. The van der Waals surface area contributed by atoms with Gasteiger partial charge in [-0.3, -0.25) is 0 Å². The molecule has 0 aromatic heterocycles. The third kappa shape index (κ3) is 17.7. The average molecular weight is 190 g/mol. The minimum Gasteiger partial charge on any atom is -0.550 e. The summed E-state index contributed by atoms with van der Waals surface area (Å²) >= 11 is 0. The summed E-state index contributed by atoms with van der Waals surface area (Å²) in [5, 5.41) is 19.3. The van der Waals surface area contributed by atoms with Crippen molar-refractivity contribution in [2.45, 2.75) is 12.8 Å². The topological polar surface area (TPSA) is 98.7 Å². The Labute approximate surface area is 105 Å². The molecule has 70 valence electrons. The van der Waals surface area contributed by atoms with Gasteiger partial charge in [-0.25, -0.2) is 0 Å². The van der Waals surface area contributed by atoms with Crippen LogP contribution < -0.4 is 47.9 Å². The van der Waals surface area contributed by atoms with Crippen molar-refractivity contribution in [3.63, 3.8) is 0 Å². The molecule has 0 N–H and O–H groups in total. The normalized spacial score (nSPS) is 7.71. The molecule has 0 aromatic carbocycles. The summed E-state index contributed by atoms with van der Waals surface area (Å²) in [6.07, 6.45) is -2.39. The number of ether oxygens (including phenoxy) is 2. The van der Waals surface area contributed by atoms with Crippen LogP contribution in [-0.2, 0) is 9.47 Å². The Kier molecular flexibility index (Phi) is 17.6. The van der Waals surface area contributed by atoms with Gasteiger partial charge >= 0.3 is 37.7 Å². The minimum atomic E-state index is -1.59. The predicted octanol–water partition coefficient (Wildman–Crippen LogP) is -7.51. The SMILES string of the molecule is O=C([O-])OCCCCOC(=O)[O-].[Li+].[Li+]. The summed E-state index contributed by atoms with van der Waals surface area (Å²) in [5.41, 5.74) is 0. The zero-order valence-corrected chi connectivity index (χ0v) is 8.28. The van der Waals surface area contributed by atoms with Gasteiger partial charge < -0.3 is 29.3 Å². The first-order chi connectivity index (χ1) is 5.63. The first-order valence-corrected chi connectivity index (χ1v) is 3.30. The number of carbonyl (C=O) groups is 2. The van der Waals surface area contributed by atoms with Crippen LogP contribution in [0.2, 0.25) is 0 Å². The van der Waals surface area contributed by atoms with E-state index in [1.54, 1.807) is 0 Å². The van der Waals surface area contributed by atoms with Gasteiger partial charge in [0.1, 0.15) is 0 Å². The van der Waals surface area contributed by atoms with Gasteiger partial charge in [-0.1, -0.05) is 0 Å². The van der Waals surface area contributed by atoms with Crippen molar-refractivity contribution >= 4 is 12.3 Å². The van der Waals surface area contributed by atoms with Crippen molar-refractivity contribution in [1.29, 1.82) is 0 Å². The van der Waals surface area contributed by atoms with E-state index in [9.17, 15) is 19.8 Å². The van der Waals surface area contributed by atoms with E-state index in [4.69, 9.17) is 0 Å². The fourth-order valence-electron chi connectivity index (χ4n) is 0.515. The van der Waals surface area contributed by atoms with E-state index >= 15 is 0 Å². The van der Waals surface area contributed by atoms with Gasteiger partial charge in [0.2, 0.25) is 0 Å². The summed E-state index contributed by atoms with van der Waals surface area (Å²) in [6.45, 7) is -0.0303. The number of rotatable bonds is 5. The summed E-state index contributed by atoms with van der Waals surface area (Å²) in [6, 6.07) is 0. The molecule has 0 aliphatic carbocycles. The van der Waals surface area contributed by atoms with Gasteiger partial charge in [-0.15, -0.1) is 0 Å². The van der Waals surface area contributed by atoms with Crippen LogP contribution in [0.1, 0.15) is 12.8 Å². The molecule has 0 saturated carbocycles. The standard InChI is InChI=1S/C6H10O6.2Li/c7-5(8)11-3-1-2-4-12-6(9)10;;/h1-4H2,(H,7,8)(H,9,10);;/q;2*+1/p-2. The molecule has 0 aromatic rings. The second-order valence-electron chi connectivity index (χ2n) is 1.90.